The van der Waals surface area contributed by atoms with Gasteiger partial charge in [-0.2, -0.15) is 0 Å². The van der Waals surface area contributed by atoms with E-state index in [4.69, 9.17) is 0 Å². The first-order chi connectivity index (χ1) is 7.59. The van der Waals surface area contributed by atoms with Crippen LogP contribution in [0.5, 0.6) is 0 Å². The molecule has 3 nitrogen and oxygen atoms in total. The van der Waals surface area contributed by atoms with E-state index < -0.39 is 0 Å². The van der Waals surface area contributed by atoms with E-state index >= 15 is 0 Å². The second-order valence-electron chi connectivity index (χ2n) is 5.05. The number of para-hydroxylation sites is 1. The maximum Gasteiger partial charge on any atom is 0.272 e. The Morgan fingerprint density at radius 3 is 2.75 bits per heavy atom. The molecule has 0 aliphatic heterocycles. The topological polar surface area (TPSA) is 43.1 Å². The molecule has 1 aromatic rings. The van der Waals surface area contributed by atoms with Crippen LogP contribution in [0, 0.1) is 22.0 Å². The van der Waals surface area contributed by atoms with Crippen LogP contribution in [0.3, 0.4) is 0 Å². The Hall–Kier alpha value is -1.38. The first kappa shape index (κ1) is 11.1. The average molecular weight is 219 g/mol. The summed E-state index contributed by atoms with van der Waals surface area (Å²) in [4.78, 5) is 10.6. The van der Waals surface area contributed by atoms with Gasteiger partial charge in [0.2, 0.25) is 0 Å². The average Bonchev–Trinajstić information content (AvgIpc) is 2.96. The molecule has 0 heterocycles. The van der Waals surface area contributed by atoms with Crippen molar-refractivity contribution >= 4 is 5.69 Å². The van der Waals surface area contributed by atoms with E-state index in [1.54, 1.807) is 12.1 Å². The fourth-order valence-electron chi connectivity index (χ4n) is 2.46. The summed E-state index contributed by atoms with van der Waals surface area (Å²) >= 11 is 0. The zero-order chi connectivity index (χ0) is 11.7. The molecule has 1 aliphatic rings. The maximum atomic E-state index is 10.9. The molecular weight excluding hydrogens is 202 g/mol. The van der Waals surface area contributed by atoms with Crippen molar-refractivity contribution in [3.63, 3.8) is 0 Å². The van der Waals surface area contributed by atoms with Gasteiger partial charge >= 0.3 is 0 Å². The SMILES string of the molecule is CC(C)CC1CC1c1ccccc1[N+](=O)[O-]. The number of hydrogen-bond acceptors (Lipinski definition) is 2. The van der Waals surface area contributed by atoms with Crippen LogP contribution in [0.25, 0.3) is 0 Å². The van der Waals surface area contributed by atoms with Gasteiger partial charge in [0.1, 0.15) is 0 Å². The van der Waals surface area contributed by atoms with E-state index in [1.807, 2.05) is 12.1 Å². The molecule has 16 heavy (non-hydrogen) atoms. The third-order valence-corrected chi connectivity index (χ3v) is 3.23. The van der Waals surface area contributed by atoms with Gasteiger partial charge in [-0.3, -0.25) is 10.1 Å². The summed E-state index contributed by atoms with van der Waals surface area (Å²) in [6, 6.07) is 7.15. The van der Waals surface area contributed by atoms with Gasteiger partial charge in [-0.25, -0.2) is 0 Å². The molecule has 2 atom stereocenters. The molecule has 0 N–H and O–H groups in total. The zero-order valence-electron chi connectivity index (χ0n) is 9.72. The summed E-state index contributed by atoms with van der Waals surface area (Å²) in [5.74, 6) is 1.75. The highest BCUT2D eigenvalue weighted by Gasteiger charge is 2.41. The summed E-state index contributed by atoms with van der Waals surface area (Å²) < 4.78 is 0. The molecule has 1 fully saturated rings. The number of rotatable bonds is 4. The molecule has 0 amide bonds. The van der Waals surface area contributed by atoms with Crippen LogP contribution in [-0.4, -0.2) is 4.92 Å². The van der Waals surface area contributed by atoms with Crippen LogP contribution in [0.15, 0.2) is 24.3 Å². The van der Waals surface area contributed by atoms with Crippen molar-refractivity contribution in [1.29, 1.82) is 0 Å². The molecule has 0 radical (unpaired) electrons. The van der Waals surface area contributed by atoms with E-state index in [-0.39, 0.29) is 4.92 Å². The van der Waals surface area contributed by atoms with Crippen LogP contribution in [0.2, 0.25) is 0 Å². The maximum absolute atomic E-state index is 10.9. The van der Waals surface area contributed by atoms with Gasteiger partial charge in [0, 0.05) is 11.6 Å². The summed E-state index contributed by atoms with van der Waals surface area (Å²) in [6.07, 6.45) is 2.29. The number of benzene rings is 1. The van der Waals surface area contributed by atoms with Crippen LogP contribution in [-0.2, 0) is 0 Å². The van der Waals surface area contributed by atoms with Crippen molar-refractivity contribution in [1.82, 2.24) is 0 Å². The predicted octanol–water partition coefficient (Wildman–Crippen LogP) is 3.74. The Morgan fingerprint density at radius 2 is 2.12 bits per heavy atom. The minimum Gasteiger partial charge on any atom is -0.258 e. The highest BCUT2D eigenvalue weighted by atomic mass is 16.6. The Morgan fingerprint density at radius 1 is 1.44 bits per heavy atom. The lowest BCUT2D eigenvalue weighted by molar-refractivity contribution is -0.385. The van der Waals surface area contributed by atoms with Gasteiger partial charge in [0.15, 0.2) is 0 Å². The lowest BCUT2D eigenvalue weighted by Gasteiger charge is -2.04. The summed E-state index contributed by atoms with van der Waals surface area (Å²) in [5.41, 5.74) is 1.22. The van der Waals surface area contributed by atoms with Crippen molar-refractivity contribution in [2.24, 2.45) is 11.8 Å². The summed E-state index contributed by atoms with van der Waals surface area (Å²) in [7, 11) is 0. The molecular formula is C13H17NO2. The third-order valence-electron chi connectivity index (χ3n) is 3.23. The minimum atomic E-state index is -0.264. The highest BCUT2D eigenvalue weighted by Crippen LogP contribution is 2.52. The van der Waals surface area contributed by atoms with Crippen LogP contribution in [0.1, 0.15) is 38.2 Å². The van der Waals surface area contributed by atoms with E-state index in [0.717, 1.165) is 12.0 Å². The normalized spacial score (nSPS) is 23.4. The second kappa shape index (κ2) is 4.24. The second-order valence-corrected chi connectivity index (χ2v) is 5.05. The third kappa shape index (κ3) is 2.23. The molecule has 1 saturated carbocycles. The Kier molecular flexibility index (Phi) is 2.95. The summed E-state index contributed by atoms with van der Waals surface area (Å²) in [6.45, 7) is 4.41. The van der Waals surface area contributed by atoms with Gasteiger partial charge in [0.25, 0.3) is 5.69 Å². The smallest absolute Gasteiger partial charge is 0.258 e. The first-order valence-corrected chi connectivity index (χ1v) is 5.83. The Labute approximate surface area is 95.6 Å². The standard InChI is InChI=1S/C13H17NO2/c1-9(2)7-10-8-12(10)11-5-3-4-6-13(11)14(15)16/h3-6,9-10,12H,7-8H2,1-2H3. The van der Waals surface area contributed by atoms with E-state index in [0.29, 0.717) is 23.4 Å². The van der Waals surface area contributed by atoms with Crippen LogP contribution in [0.4, 0.5) is 5.69 Å². The molecule has 2 rings (SSSR count). The highest BCUT2D eigenvalue weighted by molar-refractivity contribution is 5.44. The molecule has 0 bridgehead atoms. The fourth-order valence-corrected chi connectivity index (χ4v) is 2.46. The largest absolute Gasteiger partial charge is 0.272 e. The molecule has 0 spiro atoms. The van der Waals surface area contributed by atoms with Crippen molar-refractivity contribution < 1.29 is 4.92 Å². The van der Waals surface area contributed by atoms with Crippen molar-refractivity contribution in [2.45, 2.75) is 32.6 Å². The molecule has 86 valence electrons. The Balaban J connectivity index is 2.14. The molecule has 3 heteroatoms. The fraction of sp³-hybridized carbons (Fsp3) is 0.538. The summed E-state index contributed by atoms with van der Waals surface area (Å²) in [5, 5.41) is 10.9. The Bertz CT molecular complexity index is 401. The number of nitrogens with zero attached hydrogens (tertiary/aromatic N) is 1. The van der Waals surface area contributed by atoms with Crippen molar-refractivity contribution in [3.8, 4) is 0 Å². The molecule has 0 saturated heterocycles. The monoisotopic (exact) mass is 219 g/mol. The molecule has 0 aromatic heterocycles. The van der Waals surface area contributed by atoms with Crippen LogP contribution < -0.4 is 0 Å². The molecule has 1 aliphatic carbocycles. The van der Waals surface area contributed by atoms with E-state index in [2.05, 4.69) is 13.8 Å². The van der Waals surface area contributed by atoms with Gasteiger partial charge < -0.3 is 0 Å². The first-order valence-electron chi connectivity index (χ1n) is 5.83. The molecule has 2 unspecified atom stereocenters. The zero-order valence-corrected chi connectivity index (χ0v) is 9.72. The van der Waals surface area contributed by atoms with Gasteiger partial charge in [-0.1, -0.05) is 32.0 Å². The quantitative estimate of drug-likeness (QED) is 0.571. The predicted molar refractivity (Wildman–Crippen MR) is 63.4 cm³/mol. The van der Waals surface area contributed by atoms with Gasteiger partial charge in [0.05, 0.1) is 4.92 Å². The minimum absolute atomic E-state index is 0.264. The van der Waals surface area contributed by atoms with Gasteiger partial charge in [-0.05, 0) is 30.6 Å². The van der Waals surface area contributed by atoms with E-state index in [1.165, 1.54) is 6.42 Å². The van der Waals surface area contributed by atoms with Crippen molar-refractivity contribution in [3.05, 3.63) is 39.9 Å². The molecule has 1 aromatic carbocycles. The van der Waals surface area contributed by atoms with E-state index in [9.17, 15) is 10.1 Å². The van der Waals surface area contributed by atoms with Crippen LogP contribution >= 0.6 is 0 Å². The lowest BCUT2D eigenvalue weighted by Crippen LogP contribution is -1.96. The number of hydrogen-bond donors (Lipinski definition) is 0. The van der Waals surface area contributed by atoms with Gasteiger partial charge in [-0.15, -0.1) is 0 Å². The number of nitro groups is 1. The number of nitro benzene ring substituents is 1. The van der Waals surface area contributed by atoms with Crippen molar-refractivity contribution in [2.75, 3.05) is 0 Å². The lowest BCUT2D eigenvalue weighted by atomic mass is 10.0.